The number of methoxy groups -OCH3 is 1. The first kappa shape index (κ1) is 42.2. The molecule has 0 aliphatic carbocycles. The number of carbonyl (C=O) groups excluding carboxylic acids is 4. The van der Waals surface area contributed by atoms with Crippen LogP contribution in [-0.2, 0) is 27.3 Å². The van der Waals surface area contributed by atoms with Crippen molar-refractivity contribution in [2.24, 2.45) is 16.7 Å². The molecule has 0 bridgehead atoms. The van der Waals surface area contributed by atoms with Gasteiger partial charge in [0.2, 0.25) is 11.8 Å². The summed E-state index contributed by atoms with van der Waals surface area (Å²) in [6.45, 7) is 17.6. The minimum Gasteiger partial charge on any atom is -0.453 e. The molecule has 1 aliphatic heterocycles. The van der Waals surface area contributed by atoms with Crippen molar-refractivity contribution in [2.45, 2.75) is 99.4 Å². The second kappa shape index (κ2) is 19.0. The number of hydrogen-bond acceptors (Lipinski definition) is 8. The number of hydrogen-bond donors (Lipinski definition) is 4. The monoisotopic (exact) mass is 723 g/mol. The predicted octanol–water partition coefficient (Wildman–Crippen LogP) is 4.28. The number of rotatable bonds is 18. The fraction of sp³-hybridized carbons (Fsp3) is 0.615. The number of benzene rings is 1. The molecule has 4 unspecified atom stereocenters. The van der Waals surface area contributed by atoms with Crippen LogP contribution in [0.25, 0.3) is 0 Å². The van der Waals surface area contributed by atoms with E-state index in [1.165, 1.54) is 7.11 Å². The molecular formula is C39H61N7O6. The smallest absolute Gasteiger partial charge is 0.406 e. The molecule has 0 spiro atoms. The Balaban J connectivity index is 1.81. The molecule has 2 aromatic rings. The number of carbonyl (C=O) groups is 4. The molecule has 3 rings (SSSR count). The van der Waals surface area contributed by atoms with Gasteiger partial charge in [0.1, 0.15) is 6.04 Å². The zero-order valence-corrected chi connectivity index (χ0v) is 32.6. The molecule has 52 heavy (non-hydrogen) atoms. The van der Waals surface area contributed by atoms with Gasteiger partial charge in [0.05, 0.1) is 31.5 Å². The summed E-state index contributed by atoms with van der Waals surface area (Å²) in [5.41, 5.74) is 4.75. The van der Waals surface area contributed by atoms with Gasteiger partial charge in [-0.3, -0.25) is 20.0 Å². The van der Waals surface area contributed by atoms with Crippen molar-refractivity contribution in [3.05, 3.63) is 65.5 Å². The number of alkyl carbamates (subject to hydrolysis) is 1. The minimum atomic E-state index is -1.09. The standard InChI is InChI=1S/C39H61N7O6/c1-10-27(2)34(46-20-19-44(37(46)51)23-30-18-14-15-28(3)41-30)35(49)42-31(21-29-16-12-11-13-17-29)32(47)24-45(26-38(4,5)6)43-33(48)22-39(7,8)25-40-36(50)52-9/h11-18,27,31-32,34,47H,10,19-26H2,1-9H3,(H,40,50)(H,42,49)(H,43,48). The summed E-state index contributed by atoms with van der Waals surface area (Å²) in [5, 5.41) is 19.4. The van der Waals surface area contributed by atoms with Gasteiger partial charge < -0.3 is 30.3 Å². The number of hydrazine groups is 1. The Morgan fingerprint density at radius 3 is 2.35 bits per heavy atom. The van der Waals surface area contributed by atoms with E-state index in [2.05, 4.69) is 25.8 Å². The van der Waals surface area contributed by atoms with Crippen molar-refractivity contribution < 1.29 is 29.0 Å². The lowest BCUT2D eigenvalue weighted by atomic mass is 9.89. The lowest BCUT2D eigenvalue weighted by Gasteiger charge is -2.36. The highest BCUT2D eigenvalue weighted by Crippen LogP contribution is 2.24. The Hall–Kier alpha value is -4.23. The average Bonchev–Trinajstić information content (AvgIpc) is 3.41. The van der Waals surface area contributed by atoms with Crippen molar-refractivity contribution in [1.29, 1.82) is 0 Å². The molecule has 288 valence electrons. The number of ether oxygens (including phenoxy) is 1. The number of aliphatic hydroxyl groups excluding tert-OH is 1. The molecule has 5 amide bonds. The summed E-state index contributed by atoms with van der Waals surface area (Å²) < 4.78 is 4.66. The topological polar surface area (TPSA) is 156 Å². The highest BCUT2D eigenvalue weighted by Gasteiger charge is 2.41. The van der Waals surface area contributed by atoms with E-state index < -0.39 is 29.7 Å². The molecule has 0 saturated carbocycles. The Bertz CT molecular complexity index is 1480. The average molecular weight is 724 g/mol. The Morgan fingerprint density at radius 1 is 1.04 bits per heavy atom. The van der Waals surface area contributed by atoms with E-state index in [4.69, 9.17) is 0 Å². The highest BCUT2D eigenvalue weighted by molar-refractivity contribution is 5.88. The molecule has 13 nitrogen and oxygen atoms in total. The first-order valence-corrected chi connectivity index (χ1v) is 18.3. The van der Waals surface area contributed by atoms with Gasteiger partial charge in [-0.2, -0.15) is 0 Å². The van der Waals surface area contributed by atoms with Crippen molar-refractivity contribution in [3.63, 3.8) is 0 Å². The van der Waals surface area contributed by atoms with E-state index in [1.54, 1.807) is 14.8 Å². The van der Waals surface area contributed by atoms with Gasteiger partial charge in [-0.25, -0.2) is 14.6 Å². The van der Waals surface area contributed by atoms with Crippen molar-refractivity contribution in [3.8, 4) is 0 Å². The quantitative estimate of drug-likeness (QED) is 0.166. The number of aryl methyl sites for hydroxylation is 1. The minimum absolute atomic E-state index is 0.0372. The maximum atomic E-state index is 14.3. The first-order valence-electron chi connectivity index (χ1n) is 18.3. The van der Waals surface area contributed by atoms with E-state index >= 15 is 0 Å². The van der Waals surface area contributed by atoms with Crippen LogP contribution < -0.4 is 16.1 Å². The summed E-state index contributed by atoms with van der Waals surface area (Å²) in [6, 6.07) is 13.6. The lowest BCUT2D eigenvalue weighted by Crippen LogP contribution is -2.59. The third kappa shape index (κ3) is 13.4. The zero-order valence-electron chi connectivity index (χ0n) is 32.6. The van der Waals surface area contributed by atoms with Crippen molar-refractivity contribution in [2.75, 3.05) is 39.8 Å². The number of aromatic nitrogens is 1. The van der Waals surface area contributed by atoms with Crippen LogP contribution in [0.2, 0.25) is 0 Å². The van der Waals surface area contributed by atoms with E-state index in [1.807, 2.05) is 104 Å². The largest absolute Gasteiger partial charge is 0.453 e. The molecule has 4 atom stereocenters. The Labute approximate surface area is 309 Å². The maximum Gasteiger partial charge on any atom is 0.406 e. The molecule has 13 heteroatoms. The highest BCUT2D eigenvalue weighted by atomic mass is 16.5. The zero-order chi connectivity index (χ0) is 38.6. The fourth-order valence-electron chi connectivity index (χ4n) is 6.41. The summed E-state index contributed by atoms with van der Waals surface area (Å²) in [5.74, 6) is -0.750. The van der Waals surface area contributed by atoms with Crippen molar-refractivity contribution >= 4 is 23.9 Å². The molecule has 4 N–H and O–H groups in total. The molecule has 2 heterocycles. The van der Waals surface area contributed by atoms with Crippen LogP contribution in [0, 0.1) is 23.7 Å². The number of pyridine rings is 1. The van der Waals surface area contributed by atoms with Crippen molar-refractivity contribution in [1.82, 2.24) is 35.9 Å². The van der Waals surface area contributed by atoms with Gasteiger partial charge in [0.15, 0.2) is 0 Å². The second-order valence-electron chi connectivity index (χ2n) is 16.0. The number of nitrogens with zero attached hydrogens (tertiary/aromatic N) is 4. The van der Waals surface area contributed by atoms with Crippen LogP contribution in [0.5, 0.6) is 0 Å². The summed E-state index contributed by atoms with van der Waals surface area (Å²) in [4.78, 5) is 60.9. The molecule has 1 aliphatic rings. The van der Waals surface area contributed by atoms with Gasteiger partial charge >= 0.3 is 12.1 Å². The van der Waals surface area contributed by atoms with Crippen LogP contribution in [0.3, 0.4) is 0 Å². The normalized spacial score (nSPS) is 15.9. The summed E-state index contributed by atoms with van der Waals surface area (Å²) >= 11 is 0. The summed E-state index contributed by atoms with van der Waals surface area (Å²) in [7, 11) is 1.29. The molecule has 1 aromatic carbocycles. The SMILES string of the molecule is CCC(C)C(C(=O)NC(Cc1ccccc1)C(O)CN(CC(C)(C)C)NC(=O)CC(C)(C)CNC(=O)OC)N1CCN(Cc2cccc(C)n2)C1=O. The number of nitrogens with one attached hydrogen (secondary N) is 3. The molecule has 0 radical (unpaired) electrons. The van der Waals surface area contributed by atoms with Gasteiger partial charge in [-0.1, -0.05) is 91.3 Å². The molecule has 1 fully saturated rings. The van der Waals surface area contributed by atoms with E-state index in [0.29, 0.717) is 39.0 Å². The fourth-order valence-corrected chi connectivity index (χ4v) is 6.41. The number of urea groups is 1. The van der Waals surface area contributed by atoms with Crippen LogP contribution >= 0.6 is 0 Å². The van der Waals surface area contributed by atoms with Gasteiger partial charge in [0.25, 0.3) is 0 Å². The number of aliphatic hydroxyl groups is 1. The molecule has 1 saturated heterocycles. The molecular weight excluding hydrogens is 662 g/mol. The second-order valence-corrected chi connectivity index (χ2v) is 16.0. The summed E-state index contributed by atoms with van der Waals surface area (Å²) in [6.07, 6.45) is -0.543. The van der Waals surface area contributed by atoms with Gasteiger partial charge in [-0.05, 0) is 47.8 Å². The van der Waals surface area contributed by atoms with Crippen LogP contribution in [0.15, 0.2) is 48.5 Å². The Morgan fingerprint density at radius 2 is 1.73 bits per heavy atom. The van der Waals surface area contributed by atoms with Crippen LogP contribution in [0.4, 0.5) is 9.59 Å². The third-order valence-corrected chi connectivity index (χ3v) is 9.20. The lowest BCUT2D eigenvalue weighted by molar-refractivity contribution is -0.131. The van der Waals surface area contributed by atoms with Crippen LogP contribution in [0.1, 0.15) is 78.3 Å². The van der Waals surface area contributed by atoms with E-state index in [9.17, 15) is 24.3 Å². The van der Waals surface area contributed by atoms with Crippen LogP contribution in [-0.4, -0.2) is 107 Å². The van der Waals surface area contributed by atoms with Gasteiger partial charge in [0, 0.05) is 44.8 Å². The first-order chi connectivity index (χ1) is 24.4. The van der Waals surface area contributed by atoms with E-state index in [-0.39, 0.29) is 48.7 Å². The Kier molecular flexibility index (Phi) is 15.4. The maximum absolute atomic E-state index is 14.3. The van der Waals surface area contributed by atoms with E-state index in [0.717, 1.165) is 17.0 Å². The molecule has 1 aromatic heterocycles. The number of amides is 5. The third-order valence-electron chi connectivity index (χ3n) is 9.20. The predicted molar refractivity (Wildman–Crippen MR) is 201 cm³/mol. The van der Waals surface area contributed by atoms with Gasteiger partial charge in [-0.15, -0.1) is 0 Å².